The molecule has 3 rings (SSSR count). The van der Waals surface area contributed by atoms with Crippen molar-refractivity contribution >= 4 is 31.6 Å². The molecule has 0 spiro atoms. The summed E-state index contributed by atoms with van der Waals surface area (Å²) in [6, 6.07) is 8.09. The maximum absolute atomic E-state index is 13.1. The number of carbonyl (C=O) groups excluding carboxylic acids is 1. The molecule has 0 aliphatic carbocycles. The summed E-state index contributed by atoms with van der Waals surface area (Å²) in [7, 11) is -7.76. The van der Waals surface area contributed by atoms with Crippen LogP contribution in [-0.2, 0) is 35.8 Å². The Hall–Kier alpha value is -2.88. The van der Waals surface area contributed by atoms with Crippen molar-refractivity contribution in [2.45, 2.75) is 24.0 Å². The van der Waals surface area contributed by atoms with Crippen LogP contribution in [0.15, 0.2) is 53.4 Å². The van der Waals surface area contributed by atoms with Crippen LogP contribution in [0.5, 0.6) is 5.75 Å². The third kappa shape index (κ3) is 7.36. The molecule has 10 nitrogen and oxygen atoms in total. The number of benzene rings is 2. The molecule has 1 aliphatic rings. The van der Waals surface area contributed by atoms with Gasteiger partial charge in [-0.1, -0.05) is 6.07 Å². The summed E-state index contributed by atoms with van der Waals surface area (Å²) in [6.45, 7) is 2.37. The van der Waals surface area contributed by atoms with Crippen molar-refractivity contribution < 1.29 is 44.3 Å². The minimum Gasteiger partial charge on any atom is -0.492 e. The summed E-state index contributed by atoms with van der Waals surface area (Å²) >= 11 is 0. The van der Waals surface area contributed by atoms with E-state index in [1.165, 1.54) is 41.6 Å². The van der Waals surface area contributed by atoms with E-state index in [2.05, 4.69) is 5.32 Å². The molecule has 1 unspecified atom stereocenters. The number of amides is 1. The van der Waals surface area contributed by atoms with E-state index in [0.29, 0.717) is 29.3 Å². The molecule has 1 saturated heterocycles. The standard InChI is InChI=1S/C23H28F3N3O7S2/c1-17(29(37(2,31)32)19-5-3-4-18(16-19)23(24,25)26)22(30)27-10-13-36-20-6-8-21(9-7-20)38(33,34)28-11-14-35-15-12-28/h3-9,16-17H,10-15H2,1-2H3,(H,27,30). The molecule has 210 valence electrons. The van der Waals surface area contributed by atoms with E-state index < -0.39 is 43.7 Å². The van der Waals surface area contributed by atoms with Gasteiger partial charge in [0.05, 0.1) is 42.2 Å². The van der Waals surface area contributed by atoms with Crippen LogP contribution in [-0.4, -0.2) is 78.8 Å². The van der Waals surface area contributed by atoms with Crippen LogP contribution in [0.4, 0.5) is 18.9 Å². The fourth-order valence-corrected chi connectivity index (χ4v) is 6.34. The molecule has 38 heavy (non-hydrogen) atoms. The van der Waals surface area contributed by atoms with Gasteiger partial charge in [0.25, 0.3) is 0 Å². The molecule has 0 radical (unpaired) electrons. The highest BCUT2D eigenvalue weighted by molar-refractivity contribution is 7.92. The zero-order valence-electron chi connectivity index (χ0n) is 20.6. The molecule has 1 fully saturated rings. The largest absolute Gasteiger partial charge is 0.492 e. The molecule has 1 heterocycles. The maximum Gasteiger partial charge on any atom is 0.416 e. The van der Waals surface area contributed by atoms with E-state index in [-0.39, 0.29) is 36.8 Å². The van der Waals surface area contributed by atoms with Gasteiger partial charge in [-0.3, -0.25) is 9.10 Å². The van der Waals surface area contributed by atoms with E-state index in [1.807, 2.05) is 0 Å². The monoisotopic (exact) mass is 579 g/mol. The summed E-state index contributed by atoms with van der Waals surface area (Å²) in [5.74, 6) is -0.404. The van der Waals surface area contributed by atoms with Crippen LogP contribution in [0, 0.1) is 0 Å². The number of hydrogen-bond donors (Lipinski definition) is 1. The molecule has 0 aromatic heterocycles. The van der Waals surface area contributed by atoms with Gasteiger partial charge in [-0.15, -0.1) is 0 Å². The molecular formula is C23H28F3N3O7S2. The van der Waals surface area contributed by atoms with Gasteiger partial charge >= 0.3 is 6.18 Å². The van der Waals surface area contributed by atoms with Crippen LogP contribution >= 0.6 is 0 Å². The van der Waals surface area contributed by atoms with Gasteiger partial charge in [0.1, 0.15) is 18.4 Å². The van der Waals surface area contributed by atoms with Crippen molar-refractivity contribution in [3.05, 3.63) is 54.1 Å². The Balaban J connectivity index is 1.58. The second-order valence-corrected chi connectivity index (χ2v) is 12.2. The van der Waals surface area contributed by atoms with Crippen LogP contribution in [0.25, 0.3) is 0 Å². The number of alkyl halides is 3. The van der Waals surface area contributed by atoms with Crippen LogP contribution in [0.3, 0.4) is 0 Å². The SMILES string of the molecule is CC(C(=O)NCCOc1ccc(S(=O)(=O)N2CCOCC2)cc1)N(c1cccc(C(F)(F)F)c1)S(C)(=O)=O. The molecule has 2 aromatic rings. The molecular weight excluding hydrogens is 551 g/mol. The average molecular weight is 580 g/mol. The number of nitrogens with one attached hydrogen (secondary N) is 1. The number of carbonyl (C=O) groups is 1. The highest BCUT2D eigenvalue weighted by atomic mass is 32.2. The summed E-state index contributed by atoms with van der Waals surface area (Å²) in [5.41, 5.74) is -1.35. The highest BCUT2D eigenvalue weighted by Crippen LogP contribution is 2.32. The predicted molar refractivity (Wildman–Crippen MR) is 133 cm³/mol. The lowest BCUT2D eigenvalue weighted by molar-refractivity contribution is -0.137. The fraction of sp³-hybridized carbons (Fsp3) is 0.435. The minimum atomic E-state index is -4.69. The zero-order chi connectivity index (χ0) is 28.1. The predicted octanol–water partition coefficient (Wildman–Crippen LogP) is 2.08. The first-order valence-corrected chi connectivity index (χ1v) is 14.8. The number of nitrogens with zero attached hydrogens (tertiary/aromatic N) is 2. The summed E-state index contributed by atoms with van der Waals surface area (Å²) in [6.07, 6.45) is -3.89. The quantitative estimate of drug-likeness (QED) is 0.428. The number of halogens is 3. The molecule has 1 aliphatic heterocycles. The third-order valence-corrected chi connectivity index (χ3v) is 8.77. The third-order valence-electron chi connectivity index (χ3n) is 5.62. The zero-order valence-corrected chi connectivity index (χ0v) is 22.3. The minimum absolute atomic E-state index is 0.0313. The van der Waals surface area contributed by atoms with Gasteiger partial charge in [-0.25, -0.2) is 16.8 Å². The molecule has 0 saturated carbocycles. The molecule has 1 amide bonds. The second-order valence-electron chi connectivity index (χ2n) is 8.41. The fourth-order valence-electron chi connectivity index (χ4n) is 3.76. The number of anilines is 1. The lowest BCUT2D eigenvalue weighted by Gasteiger charge is -2.28. The molecule has 1 N–H and O–H groups in total. The number of ether oxygens (including phenoxy) is 2. The molecule has 1 atom stereocenters. The van der Waals surface area contributed by atoms with Crippen LogP contribution < -0.4 is 14.4 Å². The van der Waals surface area contributed by atoms with Crippen molar-refractivity contribution in [1.82, 2.24) is 9.62 Å². The lowest BCUT2D eigenvalue weighted by Crippen LogP contribution is -2.48. The van der Waals surface area contributed by atoms with E-state index >= 15 is 0 Å². The van der Waals surface area contributed by atoms with E-state index in [4.69, 9.17) is 9.47 Å². The molecule has 15 heteroatoms. The number of sulfonamides is 2. The van der Waals surface area contributed by atoms with Gasteiger partial charge < -0.3 is 14.8 Å². The summed E-state index contributed by atoms with van der Waals surface area (Å²) in [5, 5.41) is 2.49. The van der Waals surface area contributed by atoms with Gasteiger partial charge in [-0.05, 0) is 49.4 Å². The van der Waals surface area contributed by atoms with Crippen molar-refractivity contribution in [3.63, 3.8) is 0 Å². The lowest BCUT2D eigenvalue weighted by atomic mass is 10.2. The van der Waals surface area contributed by atoms with Gasteiger partial charge in [0, 0.05) is 13.1 Å². The van der Waals surface area contributed by atoms with Crippen LogP contribution in [0.2, 0.25) is 0 Å². The Morgan fingerprint density at radius 1 is 1.11 bits per heavy atom. The van der Waals surface area contributed by atoms with Crippen molar-refractivity contribution in [1.29, 1.82) is 0 Å². The van der Waals surface area contributed by atoms with E-state index in [0.717, 1.165) is 18.4 Å². The second kappa shape index (κ2) is 11.9. The Kier molecular flexibility index (Phi) is 9.28. The van der Waals surface area contributed by atoms with E-state index in [1.54, 1.807) is 0 Å². The van der Waals surface area contributed by atoms with Gasteiger partial charge in [-0.2, -0.15) is 17.5 Å². The van der Waals surface area contributed by atoms with Gasteiger partial charge in [0.15, 0.2) is 0 Å². The highest BCUT2D eigenvalue weighted by Gasteiger charge is 2.34. The first-order chi connectivity index (χ1) is 17.7. The van der Waals surface area contributed by atoms with Crippen molar-refractivity contribution in [2.75, 3.05) is 50.0 Å². The number of morpholine rings is 1. The van der Waals surface area contributed by atoms with Crippen LogP contribution in [0.1, 0.15) is 12.5 Å². The van der Waals surface area contributed by atoms with Crippen molar-refractivity contribution in [3.8, 4) is 5.75 Å². The normalized spacial score (nSPS) is 16.0. The smallest absolute Gasteiger partial charge is 0.416 e. The Morgan fingerprint density at radius 2 is 1.74 bits per heavy atom. The van der Waals surface area contributed by atoms with E-state index in [9.17, 15) is 34.8 Å². The summed E-state index contributed by atoms with van der Waals surface area (Å²) < 4.78 is 102. The maximum atomic E-state index is 13.1. The average Bonchev–Trinajstić information content (AvgIpc) is 2.86. The Labute approximate surface area is 219 Å². The first kappa shape index (κ1) is 29.7. The molecule has 2 aromatic carbocycles. The number of hydrogen-bond acceptors (Lipinski definition) is 7. The topological polar surface area (TPSA) is 122 Å². The number of rotatable bonds is 10. The van der Waals surface area contributed by atoms with Crippen molar-refractivity contribution in [2.24, 2.45) is 0 Å². The Bertz CT molecular complexity index is 1330. The van der Waals surface area contributed by atoms with Gasteiger partial charge in [0.2, 0.25) is 26.0 Å². The summed E-state index contributed by atoms with van der Waals surface area (Å²) in [4.78, 5) is 12.7. The Morgan fingerprint density at radius 3 is 2.32 bits per heavy atom. The molecule has 0 bridgehead atoms. The first-order valence-electron chi connectivity index (χ1n) is 11.5.